The van der Waals surface area contributed by atoms with E-state index in [4.69, 9.17) is 16.3 Å². The summed E-state index contributed by atoms with van der Waals surface area (Å²) in [6.45, 7) is 1.49. The van der Waals surface area contributed by atoms with Gasteiger partial charge in [0.25, 0.3) is 5.69 Å². The summed E-state index contributed by atoms with van der Waals surface area (Å²) in [6, 6.07) is 9.00. The van der Waals surface area contributed by atoms with E-state index in [-0.39, 0.29) is 22.1 Å². The standard InChI is InChI=1S/C19H16ClNO5/c1-11(18(22)14-6-5-12-3-2-4-13(12)9-14)26-19(23)16-8-7-15(21(24)25)10-17(16)20/h5-11H,2-4H2,1H3/t11-/m1/s1. The topological polar surface area (TPSA) is 86.5 Å². The summed E-state index contributed by atoms with van der Waals surface area (Å²) in [5.74, 6) is -1.10. The summed E-state index contributed by atoms with van der Waals surface area (Å²) in [4.78, 5) is 34.9. The smallest absolute Gasteiger partial charge is 0.340 e. The summed E-state index contributed by atoms with van der Waals surface area (Å²) in [7, 11) is 0. The van der Waals surface area contributed by atoms with Gasteiger partial charge in [-0.2, -0.15) is 0 Å². The molecular formula is C19H16ClNO5. The number of nitrogens with zero attached hydrogens (tertiary/aromatic N) is 1. The highest BCUT2D eigenvalue weighted by Gasteiger charge is 2.24. The Hall–Kier alpha value is -2.73. The minimum Gasteiger partial charge on any atom is -0.451 e. The van der Waals surface area contributed by atoms with Gasteiger partial charge >= 0.3 is 5.97 Å². The predicted octanol–water partition coefficient (Wildman–Crippen LogP) is 4.17. The molecule has 0 amide bonds. The van der Waals surface area contributed by atoms with Crippen molar-refractivity contribution < 1.29 is 19.2 Å². The minimum absolute atomic E-state index is 0.0223. The third-order valence-corrected chi connectivity index (χ3v) is 4.73. The van der Waals surface area contributed by atoms with Crippen LogP contribution in [-0.2, 0) is 17.6 Å². The van der Waals surface area contributed by atoms with E-state index in [0.29, 0.717) is 5.56 Å². The molecule has 1 aliphatic rings. The molecule has 26 heavy (non-hydrogen) atoms. The van der Waals surface area contributed by atoms with Gasteiger partial charge in [0.2, 0.25) is 5.78 Å². The molecular weight excluding hydrogens is 358 g/mol. The van der Waals surface area contributed by atoms with Gasteiger partial charge in [-0.05, 0) is 49.4 Å². The highest BCUT2D eigenvalue weighted by atomic mass is 35.5. The number of Topliss-reactive ketones (excluding diaryl/α,β-unsaturated/α-hetero) is 1. The summed E-state index contributed by atoms with van der Waals surface area (Å²) >= 11 is 5.92. The maximum absolute atomic E-state index is 12.5. The lowest BCUT2D eigenvalue weighted by Crippen LogP contribution is -2.24. The zero-order chi connectivity index (χ0) is 18.8. The maximum Gasteiger partial charge on any atom is 0.340 e. The van der Waals surface area contributed by atoms with Crippen molar-refractivity contribution >= 4 is 29.0 Å². The third kappa shape index (κ3) is 3.60. The first-order valence-electron chi connectivity index (χ1n) is 8.18. The number of nitro benzene ring substituents is 1. The number of ether oxygens (including phenoxy) is 1. The Morgan fingerprint density at radius 1 is 1.15 bits per heavy atom. The van der Waals surface area contributed by atoms with E-state index in [1.165, 1.54) is 18.6 Å². The van der Waals surface area contributed by atoms with Crippen molar-refractivity contribution in [2.75, 3.05) is 0 Å². The summed E-state index contributed by atoms with van der Waals surface area (Å²) < 4.78 is 5.21. The second kappa shape index (κ2) is 7.25. The molecule has 0 N–H and O–H groups in total. The van der Waals surface area contributed by atoms with Crippen LogP contribution in [-0.4, -0.2) is 22.8 Å². The Morgan fingerprint density at radius 2 is 1.88 bits per heavy atom. The first-order chi connectivity index (χ1) is 12.4. The lowest BCUT2D eigenvalue weighted by Gasteiger charge is -2.13. The summed E-state index contributed by atoms with van der Waals surface area (Å²) in [6.07, 6.45) is 2.06. The molecule has 0 saturated carbocycles. The normalized spacial score (nSPS) is 13.8. The molecule has 0 spiro atoms. The first kappa shape index (κ1) is 18.1. The molecule has 7 heteroatoms. The molecule has 134 valence electrons. The van der Waals surface area contributed by atoms with Crippen molar-refractivity contribution in [3.63, 3.8) is 0 Å². The van der Waals surface area contributed by atoms with Crippen molar-refractivity contribution in [3.05, 3.63) is 73.8 Å². The van der Waals surface area contributed by atoms with Crippen LogP contribution in [0.5, 0.6) is 0 Å². The van der Waals surface area contributed by atoms with Crippen LogP contribution in [0.15, 0.2) is 36.4 Å². The fourth-order valence-electron chi connectivity index (χ4n) is 3.02. The van der Waals surface area contributed by atoms with Gasteiger partial charge in [0.15, 0.2) is 6.10 Å². The van der Waals surface area contributed by atoms with Crippen LogP contribution >= 0.6 is 11.6 Å². The Bertz CT molecular complexity index is 909. The Labute approximate surface area is 154 Å². The number of carbonyl (C=O) groups excluding carboxylic acids is 2. The van der Waals surface area contributed by atoms with E-state index in [9.17, 15) is 19.7 Å². The number of benzene rings is 2. The highest BCUT2D eigenvalue weighted by molar-refractivity contribution is 6.33. The number of esters is 1. The number of hydrogen-bond donors (Lipinski definition) is 0. The summed E-state index contributed by atoms with van der Waals surface area (Å²) in [5, 5.41) is 10.6. The summed E-state index contributed by atoms with van der Waals surface area (Å²) in [5.41, 5.74) is 2.66. The number of fused-ring (bicyclic) bond motifs is 1. The van der Waals surface area contributed by atoms with Crippen LogP contribution < -0.4 is 0 Å². The van der Waals surface area contributed by atoms with Gasteiger partial charge in [0.1, 0.15) is 0 Å². The molecule has 1 atom stereocenters. The lowest BCUT2D eigenvalue weighted by atomic mass is 10.0. The molecule has 0 aromatic heterocycles. The molecule has 6 nitrogen and oxygen atoms in total. The van der Waals surface area contributed by atoms with Gasteiger partial charge in [0.05, 0.1) is 15.5 Å². The SMILES string of the molecule is C[C@@H](OC(=O)c1ccc([N+](=O)[O-])cc1Cl)C(=O)c1ccc2c(c1)CCC2. The fourth-order valence-corrected chi connectivity index (χ4v) is 3.27. The van der Waals surface area contributed by atoms with Crippen molar-refractivity contribution in [2.24, 2.45) is 0 Å². The Balaban J connectivity index is 1.73. The largest absolute Gasteiger partial charge is 0.451 e. The second-order valence-electron chi connectivity index (χ2n) is 6.17. The van der Waals surface area contributed by atoms with E-state index in [2.05, 4.69) is 0 Å². The average Bonchev–Trinajstić information content (AvgIpc) is 3.08. The molecule has 0 unspecified atom stereocenters. The number of aryl methyl sites for hydroxylation is 2. The molecule has 0 aliphatic heterocycles. The van der Waals surface area contributed by atoms with E-state index in [0.717, 1.165) is 37.0 Å². The van der Waals surface area contributed by atoms with Gasteiger partial charge in [0, 0.05) is 17.7 Å². The number of non-ortho nitro benzene ring substituents is 1. The molecule has 0 saturated heterocycles. The third-order valence-electron chi connectivity index (χ3n) is 4.42. The maximum atomic E-state index is 12.5. The van der Waals surface area contributed by atoms with Gasteiger partial charge in [-0.1, -0.05) is 23.7 Å². The van der Waals surface area contributed by atoms with Crippen molar-refractivity contribution in [3.8, 4) is 0 Å². The molecule has 0 heterocycles. The van der Waals surface area contributed by atoms with E-state index < -0.39 is 17.0 Å². The number of hydrogen-bond acceptors (Lipinski definition) is 5. The Morgan fingerprint density at radius 3 is 2.58 bits per heavy atom. The van der Waals surface area contributed by atoms with Crippen molar-refractivity contribution in [1.82, 2.24) is 0 Å². The molecule has 2 aromatic carbocycles. The molecule has 2 aromatic rings. The van der Waals surface area contributed by atoms with E-state index in [1.54, 1.807) is 6.07 Å². The van der Waals surface area contributed by atoms with Crippen LogP contribution in [0.25, 0.3) is 0 Å². The molecule has 0 bridgehead atoms. The van der Waals surface area contributed by atoms with Gasteiger partial charge in [-0.3, -0.25) is 14.9 Å². The molecule has 3 rings (SSSR count). The molecule has 0 fully saturated rings. The predicted molar refractivity (Wildman–Crippen MR) is 95.8 cm³/mol. The van der Waals surface area contributed by atoms with Crippen LogP contribution in [0.1, 0.15) is 45.2 Å². The Kier molecular flexibility index (Phi) is 5.04. The van der Waals surface area contributed by atoms with Crippen LogP contribution in [0.2, 0.25) is 5.02 Å². The van der Waals surface area contributed by atoms with E-state index >= 15 is 0 Å². The first-order valence-corrected chi connectivity index (χ1v) is 8.55. The van der Waals surface area contributed by atoms with Crippen molar-refractivity contribution in [1.29, 1.82) is 0 Å². The average molecular weight is 374 g/mol. The molecule has 1 aliphatic carbocycles. The zero-order valence-electron chi connectivity index (χ0n) is 14.0. The second-order valence-corrected chi connectivity index (χ2v) is 6.58. The number of halogens is 1. The minimum atomic E-state index is -0.992. The number of rotatable bonds is 5. The lowest BCUT2D eigenvalue weighted by molar-refractivity contribution is -0.384. The monoisotopic (exact) mass is 373 g/mol. The van der Waals surface area contributed by atoms with E-state index in [1.807, 2.05) is 12.1 Å². The number of carbonyl (C=O) groups is 2. The van der Waals surface area contributed by atoms with Crippen LogP contribution in [0, 0.1) is 10.1 Å². The highest BCUT2D eigenvalue weighted by Crippen LogP contribution is 2.25. The van der Waals surface area contributed by atoms with Crippen molar-refractivity contribution in [2.45, 2.75) is 32.3 Å². The number of ketones is 1. The van der Waals surface area contributed by atoms with Gasteiger partial charge in [-0.15, -0.1) is 0 Å². The van der Waals surface area contributed by atoms with Crippen LogP contribution in [0.4, 0.5) is 5.69 Å². The molecule has 0 radical (unpaired) electrons. The van der Waals surface area contributed by atoms with Gasteiger partial charge < -0.3 is 4.74 Å². The fraction of sp³-hybridized carbons (Fsp3) is 0.263. The zero-order valence-corrected chi connectivity index (χ0v) is 14.8. The quantitative estimate of drug-likeness (QED) is 0.340. The van der Waals surface area contributed by atoms with Gasteiger partial charge in [-0.25, -0.2) is 4.79 Å². The van der Waals surface area contributed by atoms with Crippen LogP contribution in [0.3, 0.4) is 0 Å². The number of nitro groups is 1.